The topological polar surface area (TPSA) is 49.4 Å². The van der Waals surface area contributed by atoms with Gasteiger partial charge >= 0.3 is 0 Å². The first kappa shape index (κ1) is 18.0. The number of hydrogen-bond donors (Lipinski definition) is 1. The van der Waals surface area contributed by atoms with Crippen molar-refractivity contribution in [3.63, 3.8) is 0 Å². The zero-order chi connectivity index (χ0) is 17.9. The van der Waals surface area contributed by atoms with Gasteiger partial charge in [0.25, 0.3) is 0 Å². The number of aryl methyl sites for hydroxylation is 1. The van der Waals surface area contributed by atoms with E-state index in [4.69, 9.17) is 0 Å². The first-order valence-electron chi connectivity index (χ1n) is 8.51. The van der Waals surface area contributed by atoms with E-state index in [1.165, 1.54) is 12.1 Å². The van der Waals surface area contributed by atoms with Gasteiger partial charge in [0.15, 0.2) is 0 Å². The molecule has 1 aliphatic rings. The van der Waals surface area contributed by atoms with E-state index in [9.17, 15) is 12.8 Å². The van der Waals surface area contributed by atoms with Crippen molar-refractivity contribution in [1.29, 1.82) is 0 Å². The van der Waals surface area contributed by atoms with Gasteiger partial charge in [0.2, 0.25) is 10.0 Å². The Morgan fingerprint density at radius 2 is 1.80 bits per heavy atom. The second-order valence-electron chi connectivity index (χ2n) is 6.48. The van der Waals surface area contributed by atoms with Gasteiger partial charge < -0.3 is 0 Å². The minimum Gasteiger partial charge on any atom is -0.295 e. The molecule has 1 unspecified atom stereocenters. The molecule has 1 atom stereocenters. The highest BCUT2D eigenvalue weighted by atomic mass is 32.2. The summed E-state index contributed by atoms with van der Waals surface area (Å²) in [5.41, 5.74) is 1.83. The first-order chi connectivity index (χ1) is 12.0. The second-order valence-corrected chi connectivity index (χ2v) is 8.25. The molecular weight excluding hydrogens is 339 g/mol. The average Bonchev–Trinajstić information content (AvgIpc) is 3.11. The molecule has 0 amide bonds. The smallest absolute Gasteiger partial charge is 0.240 e. The van der Waals surface area contributed by atoms with E-state index in [1.54, 1.807) is 30.3 Å². The van der Waals surface area contributed by atoms with E-state index in [2.05, 4.69) is 9.62 Å². The highest BCUT2D eigenvalue weighted by molar-refractivity contribution is 7.89. The van der Waals surface area contributed by atoms with E-state index >= 15 is 0 Å². The van der Waals surface area contributed by atoms with Crippen LogP contribution in [0, 0.1) is 12.7 Å². The fourth-order valence-electron chi connectivity index (χ4n) is 3.25. The lowest BCUT2D eigenvalue weighted by molar-refractivity contribution is 0.246. The largest absolute Gasteiger partial charge is 0.295 e. The van der Waals surface area contributed by atoms with Crippen molar-refractivity contribution in [2.75, 3.05) is 19.6 Å². The van der Waals surface area contributed by atoms with Crippen molar-refractivity contribution in [2.45, 2.75) is 30.7 Å². The number of hydrogen-bond acceptors (Lipinski definition) is 3. The molecule has 0 aliphatic carbocycles. The molecule has 1 aliphatic heterocycles. The fraction of sp³-hybridized carbons (Fsp3) is 0.368. The molecule has 0 bridgehead atoms. The summed E-state index contributed by atoms with van der Waals surface area (Å²) in [5.74, 6) is -0.288. The van der Waals surface area contributed by atoms with Crippen LogP contribution in [0.25, 0.3) is 0 Å². The predicted octanol–water partition coefficient (Wildman–Crippen LogP) is 3.25. The lowest BCUT2D eigenvalue weighted by Gasteiger charge is -2.28. The van der Waals surface area contributed by atoms with Crippen molar-refractivity contribution in [2.24, 2.45) is 0 Å². The van der Waals surface area contributed by atoms with Gasteiger partial charge in [0.1, 0.15) is 5.82 Å². The maximum atomic E-state index is 13.2. The van der Waals surface area contributed by atoms with Crippen LogP contribution in [0.4, 0.5) is 4.39 Å². The Morgan fingerprint density at radius 3 is 2.44 bits per heavy atom. The summed E-state index contributed by atoms with van der Waals surface area (Å²) >= 11 is 0. The molecule has 3 rings (SSSR count). The Hall–Kier alpha value is -1.76. The summed E-state index contributed by atoms with van der Waals surface area (Å²) in [7, 11) is -3.57. The van der Waals surface area contributed by atoms with Gasteiger partial charge in [0.05, 0.1) is 4.90 Å². The molecule has 0 saturated carbocycles. The normalized spacial score (nSPS) is 16.9. The monoisotopic (exact) mass is 362 g/mol. The quantitative estimate of drug-likeness (QED) is 0.858. The van der Waals surface area contributed by atoms with Crippen molar-refractivity contribution in [3.8, 4) is 0 Å². The van der Waals surface area contributed by atoms with Gasteiger partial charge in [-0.15, -0.1) is 0 Å². The van der Waals surface area contributed by atoms with Gasteiger partial charge in [-0.2, -0.15) is 0 Å². The van der Waals surface area contributed by atoms with Gasteiger partial charge in [-0.05, 0) is 68.2 Å². The fourth-order valence-corrected chi connectivity index (χ4v) is 4.39. The van der Waals surface area contributed by atoms with Crippen molar-refractivity contribution in [1.82, 2.24) is 9.62 Å². The van der Waals surface area contributed by atoms with E-state index < -0.39 is 10.0 Å². The number of halogens is 1. The van der Waals surface area contributed by atoms with Crippen molar-refractivity contribution >= 4 is 10.0 Å². The zero-order valence-corrected chi connectivity index (χ0v) is 15.1. The molecule has 4 nitrogen and oxygen atoms in total. The molecule has 1 heterocycles. The molecule has 1 saturated heterocycles. The minimum atomic E-state index is -3.57. The second kappa shape index (κ2) is 7.64. The number of likely N-dealkylation sites (tertiary alicyclic amines) is 1. The Bertz CT molecular complexity index is 816. The van der Waals surface area contributed by atoms with Crippen LogP contribution in [-0.2, 0) is 10.0 Å². The highest BCUT2D eigenvalue weighted by Gasteiger charge is 2.25. The minimum absolute atomic E-state index is 0.0947. The third kappa shape index (κ3) is 4.45. The van der Waals surface area contributed by atoms with Crippen molar-refractivity contribution < 1.29 is 12.8 Å². The van der Waals surface area contributed by atoms with Gasteiger partial charge in [-0.1, -0.05) is 24.3 Å². The number of nitrogens with zero attached hydrogens (tertiary/aromatic N) is 1. The molecule has 0 radical (unpaired) electrons. The van der Waals surface area contributed by atoms with Gasteiger partial charge in [0, 0.05) is 12.6 Å². The zero-order valence-electron chi connectivity index (χ0n) is 14.3. The Kier molecular flexibility index (Phi) is 5.51. The molecule has 2 aromatic carbocycles. The van der Waals surface area contributed by atoms with Crippen LogP contribution < -0.4 is 4.72 Å². The first-order valence-corrected chi connectivity index (χ1v) is 10.00. The molecule has 0 aromatic heterocycles. The Morgan fingerprint density at radius 1 is 1.12 bits per heavy atom. The van der Waals surface area contributed by atoms with E-state index in [-0.39, 0.29) is 23.3 Å². The summed E-state index contributed by atoms with van der Waals surface area (Å²) in [6.45, 7) is 3.98. The molecule has 2 aromatic rings. The Labute approximate surface area is 148 Å². The maximum absolute atomic E-state index is 13.2. The van der Waals surface area contributed by atoms with E-state index in [0.29, 0.717) is 0 Å². The molecule has 25 heavy (non-hydrogen) atoms. The summed E-state index contributed by atoms with van der Waals surface area (Å²) in [5, 5.41) is 0. The standard InChI is InChI=1S/C19H23FN2O2S/c1-15-5-4-6-18(13-15)25(23,24)21-14-19(22-11-2-3-12-22)16-7-9-17(20)10-8-16/h4-10,13,19,21H,2-3,11-12,14H2,1H3. The molecule has 0 spiro atoms. The molecule has 6 heteroatoms. The molecule has 1 fully saturated rings. The van der Waals surface area contributed by atoms with Crippen LogP contribution in [0.15, 0.2) is 53.4 Å². The lowest BCUT2D eigenvalue weighted by Crippen LogP contribution is -2.36. The summed E-state index contributed by atoms with van der Waals surface area (Å²) in [6, 6.07) is 13.1. The van der Waals surface area contributed by atoms with Gasteiger partial charge in [-0.25, -0.2) is 17.5 Å². The average molecular weight is 362 g/mol. The summed E-state index contributed by atoms with van der Waals surface area (Å²) < 4.78 is 41.2. The highest BCUT2D eigenvalue weighted by Crippen LogP contribution is 2.25. The maximum Gasteiger partial charge on any atom is 0.240 e. The number of sulfonamides is 1. The van der Waals surface area contributed by atoms with E-state index in [0.717, 1.165) is 37.1 Å². The van der Waals surface area contributed by atoms with E-state index in [1.807, 2.05) is 13.0 Å². The van der Waals surface area contributed by atoms with Crippen LogP contribution >= 0.6 is 0 Å². The van der Waals surface area contributed by atoms with Crippen LogP contribution in [-0.4, -0.2) is 33.0 Å². The van der Waals surface area contributed by atoms with Crippen LogP contribution in [0.5, 0.6) is 0 Å². The summed E-state index contributed by atoms with van der Waals surface area (Å²) in [6.07, 6.45) is 2.20. The third-order valence-corrected chi connectivity index (χ3v) is 6.02. The van der Waals surface area contributed by atoms with Crippen LogP contribution in [0.2, 0.25) is 0 Å². The summed E-state index contributed by atoms with van der Waals surface area (Å²) in [4.78, 5) is 2.53. The number of rotatable bonds is 6. The molecule has 1 N–H and O–H groups in total. The lowest BCUT2D eigenvalue weighted by atomic mass is 10.1. The van der Waals surface area contributed by atoms with Gasteiger partial charge in [-0.3, -0.25) is 4.90 Å². The Balaban J connectivity index is 1.79. The molecular formula is C19H23FN2O2S. The molecule has 134 valence electrons. The number of nitrogens with one attached hydrogen (secondary N) is 1. The van der Waals surface area contributed by atoms with Crippen molar-refractivity contribution in [3.05, 3.63) is 65.5 Å². The van der Waals surface area contributed by atoms with Crippen LogP contribution in [0.3, 0.4) is 0 Å². The SMILES string of the molecule is Cc1cccc(S(=O)(=O)NCC(c2ccc(F)cc2)N2CCCC2)c1. The third-order valence-electron chi connectivity index (χ3n) is 4.60. The number of benzene rings is 2. The van der Waals surface area contributed by atoms with Crippen LogP contribution in [0.1, 0.15) is 30.0 Å². The predicted molar refractivity (Wildman–Crippen MR) is 96.3 cm³/mol.